The second kappa shape index (κ2) is 14.6. The van der Waals surface area contributed by atoms with Crippen molar-refractivity contribution in [1.82, 2.24) is 5.32 Å². The van der Waals surface area contributed by atoms with E-state index in [4.69, 9.17) is 23.7 Å². The van der Waals surface area contributed by atoms with Crippen LogP contribution in [0.25, 0.3) is 0 Å². The van der Waals surface area contributed by atoms with Gasteiger partial charge in [0, 0.05) is 12.8 Å². The molecular formula is C34H45NO10. The zero-order chi connectivity index (χ0) is 34.2. The van der Waals surface area contributed by atoms with Gasteiger partial charge in [0.05, 0.1) is 30.1 Å². The summed E-state index contributed by atoms with van der Waals surface area (Å²) in [7, 11) is 1.16. The molecule has 2 aromatic rings. The van der Waals surface area contributed by atoms with Crippen molar-refractivity contribution >= 4 is 30.0 Å². The number of alkyl carbamates (subject to hydrolysis) is 1. The Labute approximate surface area is 264 Å². The highest BCUT2D eigenvalue weighted by Gasteiger charge is 2.43. The first-order valence-electron chi connectivity index (χ1n) is 14.6. The lowest BCUT2D eigenvalue weighted by Crippen LogP contribution is -2.58. The van der Waals surface area contributed by atoms with E-state index in [0.717, 1.165) is 7.11 Å². The molecule has 2 aromatic carbocycles. The average Bonchev–Trinajstić information content (AvgIpc) is 2.92. The molecule has 0 radical (unpaired) electrons. The summed E-state index contributed by atoms with van der Waals surface area (Å²) in [6, 6.07) is 12.7. The number of hydrogen-bond acceptors (Lipinski definition) is 10. The van der Waals surface area contributed by atoms with Crippen LogP contribution in [0.2, 0.25) is 0 Å². The van der Waals surface area contributed by atoms with Crippen molar-refractivity contribution < 1.29 is 47.7 Å². The normalized spacial score (nSPS) is 13.1. The van der Waals surface area contributed by atoms with Crippen LogP contribution in [0.15, 0.2) is 48.5 Å². The highest BCUT2D eigenvalue weighted by Crippen LogP contribution is 2.34. The fraction of sp³-hybridized carbons (Fsp3) is 0.500. The van der Waals surface area contributed by atoms with Gasteiger partial charge in [-0.3, -0.25) is 9.59 Å². The Morgan fingerprint density at radius 3 is 1.78 bits per heavy atom. The van der Waals surface area contributed by atoms with E-state index in [0.29, 0.717) is 11.1 Å². The van der Waals surface area contributed by atoms with Crippen LogP contribution in [-0.2, 0) is 35.0 Å². The van der Waals surface area contributed by atoms with E-state index in [1.807, 2.05) is 0 Å². The molecule has 0 fully saturated rings. The van der Waals surface area contributed by atoms with Crippen molar-refractivity contribution in [2.24, 2.45) is 10.8 Å². The highest BCUT2D eigenvalue weighted by atomic mass is 16.6. The molecule has 0 aliphatic heterocycles. The molecule has 11 heteroatoms. The van der Waals surface area contributed by atoms with Crippen molar-refractivity contribution in [2.75, 3.05) is 13.7 Å². The third kappa shape index (κ3) is 11.2. The maximum absolute atomic E-state index is 13.4. The maximum atomic E-state index is 13.4. The second-order valence-corrected chi connectivity index (χ2v) is 13.7. The van der Waals surface area contributed by atoms with Crippen LogP contribution >= 0.6 is 0 Å². The molecule has 0 aliphatic rings. The van der Waals surface area contributed by atoms with E-state index < -0.39 is 51.9 Å². The smallest absolute Gasteiger partial charge is 0.408 e. The van der Waals surface area contributed by atoms with Gasteiger partial charge < -0.3 is 29.0 Å². The van der Waals surface area contributed by atoms with Gasteiger partial charge in [-0.1, -0.05) is 24.3 Å². The Hall–Kier alpha value is -4.41. The van der Waals surface area contributed by atoms with Gasteiger partial charge in [-0.25, -0.2) is 14.4 Å². The number of nitrogens with one attached hydrogen (secondary N) is 1. The van der Waals surface area contributed by atoms with Gasteiger partial charge in [0.15, 0.2) is 11.5 Å². The third-order valence-corrected chi connectivity index (χ3v) is 6.23. The Morgan fingerprint density at radius 2 is 1.27 bits per heavy atom. The lowest BCUT2D eigenvalue weighted by atomic mass is 9.87. The number of benzene rings is 2. The summed E-state index contributed by atoms with van der Waals surface area (Å²) in [6.45, 7) is 14.8. The zero-order valence-corrected chi connectivity index (χ0v) is 27.8. The molecular weight excluding hydrogens is 582 g/mol. The summed E-state index contributed by atoms with van der Waals surface area (Å²) in [5.41, 5.74) is -3.71. The summed E-state index contributed by atoms with van der Waals surface area (Å²) in [5.74, 6) is -2.66. The van der Waals surface area contributed by atoms with Crippen molar-refractivity contribution in [2.45, 2.75) is 86.3 Å². The molecule has 0 unspecified atom stereocenters. The van der Waals surface area contributed by atoms with Crippen LogP contribution in [0.5, 0.6) is 11.5 Å². The highest BCUT2D eigenvalue weighted by molar-refractivity contribution is 5.89. The van der Waals surface area contributed by atoms with Gasteiger partial charge >= 0.3 is 30.0 Å². The predicted octanol–water partition coefficient (Wildman–Crippen LogP) is 5.82. The van der Waals surface area contributed by atoms with Gasteiger partial charge in [0.2, 0.25) is 0 Å². The number of hydrogen-bond donors (Lipinski definition) is 1. The van der Waals surface area contributed by atoms with Crippen LogP contribution in [0.4, 0.5) is 4.79 Å². The minimum atomic E-state index is -1.79. The predicted molar refractivity (Wildman–Crippen MR) is 166 cm³/mol. The molecule has 0 saturated heterocycles. The molecule has 1 amide bonds. The molecule has 0 saturated carbocycles. The summed E-state index contributed by atoms with van der Waals surface area (Å²) in [6.07, 6.45) is -1.30. The van der Waals surface area contributed by atoms with Gasteiger partial charge in [-0.15, -0.1) is 0 Å². The molecule has 45 heavy (non-hydrogen) atoms. The van der Waals surface area contributed by atoms with Gasteiger partial charge in [-0.05, 0) is 92.1 Å². The molecule has 0 heterocycles. The standard InChI is InChI=1S/C34H45NO10/c1-31(2,3)27(37)43-24-17-16-22(20-25(24)44-28(38)32(4,5)6)21-34(29(39)41-10,35-30(40)45-33(7,8)9)18-19-42-26(36)23-14-12-11-13-15-23/h11-17,20H,18-19,21H2,1-10H3,(H,35,40)/t34-/m1/s1. The Kier molecular flexibility index (Phi) is 11.9. The number of amides is 1. The van der Waals surface area contributed by atoms with E-state index >= 15 is 0 Å². The Bertz CT molecular complexity index is 1380. The minimum Gasteiger partial charge on any atom is -0.467 e. The first-order valence-corrected chi connectivity index (χ1v) is 14.6. The summed E-state index contributed by atoms with van der Waals surface area (Å²) in [4.78, 5) is 64.6. The maximum Gasteiger partial charge on any atom is 0.408 e. The van der Waals surface area contributed by atoms with Crippen molar-refractivity contribution in [3.8, 4) is 11.5 Å². The number of methoxy groups -OCH3 is 1. The lowest BCUT2D eigenvalue weighted by Gasteiger charge is -2.33. The van der Waals surface area contributed by atoms with Crippen LogP contribution < -0.4 is 14.8 Å². The first-order chi connectivity index (χ1) is 20.7. The van der Waals surface area contributed by atoms with Crippen LogP contribution in [0.3, 0.4) is 0 Å². The van der Waals surface area contributed by atoms with Crippen molar-refractivity contribution in [1.29, 1.82) is 0 Å². The van der Waals surface area contributed by atoms with E-state index in [9.17, 15) is 24.0 Å². The van der Waals surface area contributed by atoms with Crippen LogP contribution in [0, 0.1) is 10.8 Å². The molecule has 1 N–H and O–H groups in total. The molecule has 1 atom stereocenters. The molecule has 246 valence electrons. The second-order valence-electron chi connectivity index (χ2n) is 13.7. The topological polar surface area (TPSA) is 144 Å². The van der Waals surface area contributed by atoms with E-state index in [1.54, 1.807) is 98.7 Å². The number of ether oxygens (including phenoxy) is 5. The molecule has 2 rings (SSSR count). The number of carbonyl (C=O) groups excluding carboxylic acids is 5. The fourth-order valence-corrected chi connectivity index (χ4v) is 3.77. The lowest BCUT2D eigenvalue weighted by molar-refractivity contribution is -0.149. The number of rotatable bonds is 10. The van der Waals surface area contributed by atoms with Crippen molar-refractivity contribution in [3.05, 3.63) is 59.7 Å². The quantitative estimate of drug-likeness (QED) is 0.195. The average molecular weight is 628 g/mol. The number of esters is 4. The molecule has 11 nitrogen and oxygen atoms in total. The molecule has 0 aliphatic carbocycles. The van der Waals surface area contributed by atoms with E-state index in [-0.39, 0.29) is 30.9 Å². The van der Waals surface area contributed by atoms with Gasteiger partial charge in [-0.2, -0.15) is 0 Å². The molecule has 0 spiro atoms. The summed E-state index contributed by atoms with van der Waals surface area (Å²) < 4.78 is 27.2. The fourth-order valence-electron chi connectivity index (χ4n) is 3.77. The summed E-state index contributed by atoms with van der Waals surface area (Å²) >= 11 is 0. The SMILES string of the molecule is COC(=O)[C@@](CCOC(=O)c1ccccc1)(Cc1ccc(OC(=O)C(C)(C)C)c(OC(=O)C(C)(C)C)c1)NC(=O)OC(C)(C)C. The van der Waals surface area contributed by atoms with E-state index in [2.05, 4.69) is 5.32 Å². The zero-order valence-electron chi connectivity index (χ0n) is 27.8. The first kappa shape index (κ1) is 36.8. The Balaban J connectivity index is 2.55. The Morgan fingerprint density at radius 1 is 0.711 bits per heavy atom. The largest absolute Gasteiger partial charge is 0.467 e. The minimum absolute atomic E-state index is 0.00293. The monoisotopic (exact) mass is 627 g/mol. The van der Waals surface area contributed by atoms with E-state index in [1.165, 1.54) is 12.1 Å². The molecule has 0 bridgehead atoms. The number of carbonyl (C=O) groups is 5. The van der Waals surface area contributed by atoms with Crippen molar-refractivity contribution in [3.63, 3.8) is 0 Å². The van der Waals surface area contributed by atoms with Gasteiger partial charge in [0.1, 0.15) is 11.1 Å². The van der Waals surface area contributed by atoms with Crippen LogP contribution in [0.1, 0.15) is 84.7 Å². The van der Waals surface area contributed by atoms with Gasteiger partial charge in [0.25, 0.3) is 0 Å². The van der Waals surface area contributed by atoms with Crippen LogP contribution in [-0.4, -0.2) is 54.8 Å². The summed E-state index contributed by atoms with van der Waals surface area (Å²) in [5, 5.41) is 2.63. The third-order valence-electron chi connectivity index (χ3n) is 6.23. The molecule has 0 aromatic heterocycles.